The van der Waals surface area contributed by atoms with Crippen molar-refractivity contribution in [1.82, 2.24) is 29.9 Å². The number of piperazine rings is 1. The number of amides is 1. The van der Waals surface area contributed by atoms with Crippen LogP contribution < -0.4 is 16.0 Å². The van der Waals surface area contributed by atoms with Crippen LogP contribution in [0.25, 0.3) is 11.6 Å². The van der Waals surface area contributed by atoms with Gasteiger partial charge in [0.2, 0.25) is 23.4 Å². The van der Waals surface area contributed by atoms with Gasteiger partial charge in [0.25, 0.3) is 0 Å². The molecule has 2 fully saturated rings. The second-order valence-electron chi connectivity index (χ2n) is 11.9. The van der Waals surface area contributed by atoms with E-state index in [1.54, 1.807) is 4.90 Å². The lowest BCUT2D eigenvalue weighted by Crippen LogP contribution is -2.48. The molecule has 1 unspecified atom stereocenters. The molecule has 3 aliphatic rings. The maximum absolute atomic E-state index is 12.2. The maximum Gasteiger partial charge on any atom is 0.246 e. The summed E-state index contributed by atoms with van der Waals surface area (Å²) in [6.45, 7) is 11.3. The number of nitrogens with zero attached hydrogens (tertiary/aromatic N) is 8. The van der Waals surface area contributed by atoms with E-state index >= 15 is 0 Å². The van der Waals surface area contributed by atoms with Gasteiger partial charge in [0.05, 0.1) is 11.0 Å². The predicted molar refractivity (Wildman–Crippen MR) is 166 cm³/mol. The molecule has 1 amide bonds. The molecule has 12 nitrogen and oxygen atoms in total. The van der Waals surface area contributed by atoms with E-state index in [2.05, 4.69) is 46.9 Å². The fourth-order valence-electron chi connectivity index (χ4n) is 6.80. The summed E-state index contributed by atoms with van der Waals surface area (Å²) in [5.74, 6) is 2.44. The van der Waals surface area contributed by atoms with Crippen molar-refractivity contribution in [3.63, 3.8) is 0 Å². The minimum atomic E-state index is -0.633. The number of anilines is 3. The Kier molecular flexibility index (Phi) is 7.83. The van der Waals surface area contributed by atoms with Crippen molar-refractivity contribution in [2.24, 2.45) is 0 Å². The smallest absolute Gasteiger partial charge is 0.246 e. The van der Waals surface area contributed by atoms with Gasteiger partial charge in [-0.25, -0.2) is 9.97 Å². The molecule has 0 bridgehead atoms. The molecule has 43 heavy (non-hydrogen) atoms. The SMILES string of the molecule is C=CC(=O)N1CCN(c2cc(N[C@@H](C)[C@@H]3CCCN3C)nc(-c3noc(C4(C)CCCc5sc(N)c(C#N)c54)n3)n2)CC1. The Balaban J connectivity index is 1.34. The molecular weight excluding hydrogens is 564 g/mol. The van der Waals surface area contributed by atoms with Crippen LogP contribution in [-0.2, 0) is 16.6 Å². The predicted octanol–water partition coefficient (Wildman–Crippen LogP) is 3.41. The number of aromatic nitrogens is 4. The summed E-state index contributed by atoms with van der Waals surface area (Å²) in [5.41, 5.74) is 7.00. The second-order valence-corrected chi connectivity index (χ2v) is 13.1. The Morgan fingerprint density at radius 2 is 2.05 bits per heavy atom. The highest BCUT2D eigenvalue weighted by molar-refractivity contribution is 7.16. The molecule has 0 radical (unpaired) electrons. The quantitative estimate of drug-likeness (QED) is 0.383. The van der Waals surface area contributed by atoms with Gasteiger partial charge >= 0.3 is 0 Å². The molecule has 3 atom stereocenters. The number of aryl methyl sites for hydroxylation is 1. The van der Waals surface area contributed by atoms with Crippen LogP contribution in [-0.4, -0.2) is 87.7 Å². The number of hydrogen-bond acceptors (Lipinski definition) is 12. The van der Waals surface area contributed by atoms with Crippen LogP contribution in [0.3, 0.4) is 0 Å². The van der Waals surface area contributed by atoms with E-state index in [4.69, 9.17) is 25.2 Å². The Morgan fingerprint density at radius 3 is 2.74 bits per heavy atom. The van der Waals surface area contributed by atoms with E-state index < -0.39 is 5.41 Å². The van der Waals surface area contributed by atoms with E-state index in [9.17, 15) is 10.1 Å². The molecule has 0 saturated carbocycles. The molecule has 226 valence electrons. The van der Waals surface area contributed by atoms with E-state index in [-0.39, 0.29) is 11.9 Å². The van der Waals surface area contributed by atoms with Crippen molar-refractivity contribution >= 4 is 33.9 Å². The summed E-state index contributed by atoms with van der Waals surface area (Å²) >= 11 is 1.47. The lowest BCUT2D eigenvalue weighted by Gasteiger charge is -2.35. The molecule has 0 aromatic carbocycles. The third-order valence-corrected chi connectivity index (χ3v) is 10.3. The van der Waals surface area contributed by atoms with Gasteiger partial charge in [0.1, 0.15) is 22.7 Å². The van der Waals surface area contributed by atoms with Gasteiger partial charge in [-0.15, -0.1) is 11.3 Å². The van der Waals surface area contributed by atoms with Crippen LogP contribution in [0.15, 0.2) is 23.2 Å². The van der Waals surface area contributed by atoms with Gasteiger partial charge in [-0.2, -0.15) is 10.2 Å². The zero-order valence-electron chi connectivity index (χ0n) is 25.0. The van der Waals surface area contributed by atoms with Crippen LogP contribution in [0.4, 0.5) is 16.6 Å². The maximum atomic E-state index is 12.2. The normalized spacial score (nSPS) is 23.1. The molecule has 3 aromatic heterocycles. The summed E-state index contributed by atoms with van der Waals surface area (Å²) in [5, 5.41) is 18.4. The lowest BCUT2D eigenvalue weighted by atomic mass is 9.72. The number of likely N-dealkylation sites (N-methyl/N-ethyl adjacent to an activating group) is 1. The Labute approximate surface area is 255 Å². The number of nitriles is 1. The first kappa shape index (κ1) is 29.1. The molecular formula is C30H38N10O2S. The van der Waals surface area contributed by atoms with Gasteiger partial charge in [-0.1, -0.05) is 11.7 Å². The molecule has 3 N–H and O–H groups in total. The molecule has 5 heterocycles. The Bertz CT molecular complexity index is 1570. The van der Waals surface area contributed by atoms with Crippen molar-refractivity contribution in [1.29, 1.82) is 5.26 Å². The summed E-state index contributed by atoms with van der Waals surface area (Å²) in [4.78, 5) is 34.2. The lowest BCUT2D eigenvalue weighted by molar-refractivity contribution is -0.126. The topological polar surface area (TPSA) is 153 Å². The first-order valence-electron chi connectivity index (χ1n) is 14.9. The molecule has 13 heteroatoms. The van der Waals surface area contributed by atoms with Crippen LogP contribution >= 0.6 is 11.3 Å². The number of rotatable bonds is 7. The number of carbonyl (C=O) groups is 1. The van der Waals surface area contributed by atoms with Crippen LogP contribution in [0.1, 0.15) is 61.4 Å². The Morgan fingerprint density at radius 1 is 1.26 bits per heavy atom. The molecule has 2 saturated heterocycles. The Hall–Kier alpha value is -4.02. The number of nitrogens with two attached hydrogens (primary N) is 1. The van der Waals surface area contributed by atoms with Gasteiger partial charge in [-0.3, -0.25) is 4.79 Å². The fourth-order valence-corrected chi connectivity index (χ4v) is 7.99. The van der Waals surface area contributed by atoms with Crippen molar-refractivity contribution in [2.75, 3.05) is 55.7 Å². The van der Waals surface area contributed by atoms with Crippen LogP contribution in [0.2, 0.25) is 0 Å². The molecule has 2 aliphatic heterocycles. The number of likely N-dealkylation sites (tertiary alicyclic amines) is 1. The van der Waals surface area contributed by atoms with Crippen molar-refractivity contribution in [3.05, 3.63) is 40.6 Å². The summed E-state index contributed by atoms with van der Waals surface area (Å²) in [6.07, 6.45) is 6.23. The fraction of sp³-hybridized carbons (Fsp3) is 0.533. The molecule has 3 aromatic rings. The number of thiophene rings is 1. The van der Waals surface area contributed by atoms with E-state index in [0.29, 0.717) is 66.1 Å². The number of fused-ring (bicyclic) bond motifs is 1. The van der Waals surface area contributed by atoms with Gasteiger partial charge in [0.15, 0.2) is 0 Å². The highest BCUT2D eigenvalue weighted by Crippen LogP contribution is 2.48. The first-order valence-corrected chi connectivity index (χ1v) is 15.7. The van der Waals surface area contributed by atoms with E-state index in [1.165, 1.54) is 23.8 Å². The molecule has 1 aliphatic carbocycles. The third-order valence-electron chi connectivity index (χ3n) is 9.18. The highest BCUT2D eigenvalue weighted by atomic mass is 32.1. The van der Waals surface area contributed by atoms with E-state index in [0.717, 1.165) is 48.5 Å². The molecule has 6 rings (SSSR count). The average Bonchev–Trinajstić information content (AvgIpc) is 3.75. The minimum Gasteiger partial charge on any atom is -0.389 e. The number of nitrogen functional groups attached to an aromatic ring is 1. The number of nitrogens with one attached hydrogen (secondary N) is 1. The molecule has 0 spiro atoms. The monoisotopic (exact) mass is 602 g/mol. The van der Waals surface area contributed by atoms with Gasteiger partial charge < -0.3 is 30.3 Å². The number of hydrogen-bond donors (Lipinski definition) is 2. The van der Waals surface area contributed by atoms with Gasteiger partial charge in [0, 0.05) is 54.8 Å². The second kappa shape index (κ2) is 11.6. The standard InChI is InChI=1S/C30H38N10O2S/c1-5-24(41)40-14-12-39(13-15-40)23-16-22(33-18(2)20-8-7-11-38(20)4)34-27(35-23)28-36-29(42-37-28)30(3)10-6-9-21-25(30)19(17-31)26(32)43-21/h5,16,18,20H,1,6-15,32H2,2-4H3,(H,33,34,35)/t18-,20-,30?/m0/s1. The zero-order chi connectivity index (χ0) is 30.3. The van der Waals surface area contributed by atoms with Gasteiger partial charge in [-0.05, 0) is 65.6 Å². The van der Waals surface area contributed by atoms with Crippen LogP contribution in [0.5, 0.6) is 0 Å². The highest BCUT2D eigenvalue weighted by Gasteiger charge is 2.43. The zero-order valence-corrected chi connectivity index (χ0v) is 25.8. The van der Waals surface area contributed by atoms with E-state index in [1.807, 2.05) is 13.0 Å². The average molecular weight is 603 g/mol. The largest absolute Gasteiger partial charge is 0.389 e. The first-order chi connectivity index (χ1) is 20.7. The van der Waals surface area contributed by atoms with Crippen molar-refractivity contribution in [3.8, 4) is 17.7 Å². The third kappa shape index (κ3) is 5.34. The summed E-state index contributed by atoms with van der Waals surface area (Å²) < 4.78 is 5.90. The van der Waals surface area contributed by atoms with Crippen molar-refractivity contribution < 1.29 is 9.32 Å². The minimum absolute atomic E-state index is 0.0643. The van der Waals surface area contributed by atoms with Crippen LogP contribution in [0, 0.1) is 11.3 Å². The number of carbonyl (C=O) groups excluding carboxylic acids is 1. The summed E-state index contributed by atoms with van der Waals surface area (Å²) in [7, 11) is 2.16. The summed E-state index contributed by atoms with van der Waals surface area (Å²) in [6, 6.07) is 4.83. The van der Waals surface area contributed by atoms with Crippen molar-refractivity contribution in [2.45, 2.75) is 63.5 Å².